The third-order valence-corrected chi connectivity index (χ3v) is 5.97. The van der Waals surface area contributed by atoms with Gasteiger partial charge in [-0.25, -0.2) is 0 Å². The highest BCUT2D eigenvalue weighted by Crippen LogP contribution is 2.28. The van der Waals surface area contributed by atoms with E-state index in [4.69, 9.17) is 9.84 Å². The molecular weight excluding hydrogens is 388 g/mol. The maximum absolute atomic E-state index is 12.2. The molecular formula is C27H44O4. The van der Waals surface area contributed by atoms with Crippen LogP contribution in [0.4, 0.5) is 0 Å². The van der Waals surface area contributed by atoms with Crippen molar-refractivity contribution in [3.63, 3.8) is 0 Å². The molecule has 0 radical (unpaired) electrons. The van der Waals surface area contributed by atoms with E-state index >= 15 is 0 Å². The predicted octanol–water partition coefficient (Wildman–Crippen LogP) is 7.66. The van der Waals surface area contributed by atoms with Crippen molar-refractivity contribution in [2.45, 2.75) is 122 Å². The molecule has 0 spiro atoms. The number of aliphatic carboxylic acids is 1. The highest BCUT2D eigenvalue weighted by molar-refractivity contribution is 5.70. The molecule has 0 aromatic heterocycles. The number of carbonyl (C=O) groups is 2. The number of esters is 1. The van der Waals surface area contributed by atoms with Crippen LogP contribution in [0, 0.1) is 0 Å². The number of benzene rings is 1. The van der Waals surface area contributed by atoms with Crippen LogP contribution in [0.25, 0.3) is 0 Å². The molecule has 0 aliphatic carbocycles. The van der Waals surface area contributed by atoms with Gasteiger partial charge >= 0.3 is 11.9 Å². The van der Waals surface area contributed by atoms with Crippen LogP contribution in [0.2, 0.25) is 0 Å². The monoisotopic (exact) mass is 432 g/mol. The first-order valence-electron chi connectivity index (χ1n) is 12.5. The number of hydrogen-bond acceptors (Lipinski definition) is 3. The van der Waals surface area contributed by atoms with E-state index in [2.05, 4.69) is 31.2 Å². The first-order chi connectivity index (χ1) is 15.0. The Morgan fingerprint density at radius 2 is 1.39 bits per heavy atom. The summed E-state index contributed by atoms with van der Waals surface area (Å²) in [4.78, 5) is 22.9. The van der Waals surface area contributed by atoms with Crippen molar-refractivity contribution in [3.8, 4) is 0 Å². The van der Waals surface area contributed by atoms with Crippen molar-refractivity contribution in [1.82, 2.24) is 0 Å². The fraction of sp³-hybridized carbons (Fsp3) is 0.704. The fourth-order valence-corrected chi connectivity index (χ4v) is 4.04. The van der Waals surface area contributed by atoms with Crippen molar-refractivity contribution in [2.75, 3.05) is 0 Å². The maximum Gasteiger partial charge on any atom is 0.306 e. The van der Waals surface area contributed by atoms with E-state index in [1.54, 1.807) is 6.92 Å². The Balaban J connectivity index is 2.30. The van der Waals surface area contributed by atoms with Gasteiger partial charge in [0, 0.05) is 12.8 Å². The van der Waals surface area contributed by atoms with E-state index in [-0.39, 0.29) is 18.5 Å². The first-order valence-corrected chi connectivity index (χ1v) is 12.5. The van der Waals surface area contributed by atoms with Gasteiger partial charge in [0.25, 0.3) is 0 Å². The van der Waals surface area contributed by atoms with Crippen LogP contribution in [-0.2, 0) is 14.3 Å². The lowest BCUT2D eigenvalue weighted by molar-refractivity contribution is -0.150. The molecule has 4 heteroatoms. The third-order valence-electron chi connectivity index (χ3n) is 5.97. The van der Waals surface area contributed by atoms with Crippen LogP contribution >= 0.6 is 0 Å². The van der Waals surface area contributed by atoms with Gasteiger partial charge in [0.15, 0.2) is 0 Å². The van der Waals surface area contributed by atoms with E-state index in [0.29, 0.717) is 18.8 Å². The van der Waals surface area contributed by atoms with E-state index < -0.39 is 5.97 Å². The van der Waals surface area contributed by atoms with Gasteiger partial charge in [0.05, 0.1) is 6.10 Å². The van der Waals surface area contributed by atoms with Crippen molar-refractivity contribution in [1.29, 1.82) is 0 Å². The van der Waals surface area contributed by atoms with Crippen LogP contribution in [0.3, 0.4) is 0 Å². The summed E-state index contributed by atoms with van der Waals surface area (Å²) in [6.45, 7) is 4.02. The molecule has 1 aromatic rings. The third kappa shape index (κ3) is 14.7. The Morgan fingerprint density at radius 1 is 0.806 bits per heavy atom. The normalized spacial score (nSPS) is 13.0. The van der Waals surface area contributed by atoms with E-state index in [1.165, 1.54) is 69.8 Å². The average Bonchev–Trinajstić information content (AvgIpc) is 2.76. The van der Waals surface area contributed by atoms with E-state index in [0.717, 1.165) is 12.8 Å². The second-order valence-corrected chi connectivity index (χ2v) is 8.85. The summed E-state index contributed by atoms with van der Waals surface area (Å²) < 4.78 is 5.39. The second kappa shape index (κ2) is 17.8. The molecule has 4 nitrogen and oxygen atoms in total. The van der Waals surface area contributed by atoms with Gasteiger partial charge < -0.3 is 9.84 Å². The molecule has 0 amide bonds. The lowest BCUT2D eigenvalue weighted by Gasteiger charge is -2.18. The van der Waals surface area contributed by atoms with E-state index in [1.807, 2.05) is 6.07 Å². The number of carbonyl (C=O) groups excluding carboxylic acids is 1. The largest absolute Gasteiger partial charge is 0.481 e. The lowest BCUT2D eigenvalue weighted by Crippen LogP contribution is -2.16. The minimum atomic E-state index is -0.858. The number of hydrogen-bond donors (Lipinski definition) is 1. The molecule has 1 N–H and O–H groups in total. The molecule has 0 aliphatic heterocycles. The highest BCUT2D eigenvalue weighted by atomic mass is 16.5. The quantitative estimate of drug-likeness (QED) is 0.180. The van der Waals surface area contributed by atoms with Crippen molar-refractivity contribution >= 4 is 11.9 Å². The zero-order chi connectivity index (χ0) is 22.7. The lowest BCUT2D eigenvalue weighted by atomic mass is 9.89. The summed E-state index contributed by atoms with van der Waals surface area (Å²) in [5, 5.41) is 8.75. The molecule has 0 saturated carbocycles. The Hall–Kier alpha value is -1.84. The molecule has 0 saturated heterocycles. The number of carboxylic acids is 1. The van der Waals surface area contributed by atoms with Crippen LogP contribution < -0.4 is 0 Å². The molecule has 1 aromatic carbocycles. The molecule has 0 aliphatic rings. The van der Waals surface area contributed by atoms with Gasteiger partial charge in [-0.15, -0.1) is 0 Å². The molecule has 176 valence electrons. The minimum absolute atomic E-state index is 0.0276. The Labute approximate surface area is 189 Å². The van der Waals surface area contributed by atoms with Gasteiger partial charge in [0.2, 0.25) is 0 Å². The summed E-state index contributed by atoms with van der Waals surface area (Å²) in [5.74, 6) is -0.706. The second-order valence-electron chi connectivity index (χ2n) is 8.85. The van der Waals surface area contributed by atoms with Gasteiger partial charge in [0.1, 0.15) is 0 Å². The molecule has 31 heavy (non-hydrogen) atoms. The molecule has 2 unspecified atom stereocenters. The first kappa shape index (κ1) is 27.2. The highest BCUT2D eigenvalue weighted by Gasteiger charge is 2.16. The van der Waals surface area contributed by atoms with Crippen molar-refractivity contribution in [2.24, 2.45) is 0 Å². The van der Waals surface area contributed by atoms with Crippen LogP contribution in [0.15, 0.2) is 30.3 Å². The molecule has 1 rings (SSSR count). The smallest absolute Gasteiger partial charge is 0.306 e. The van der Waals surface area contributed by atoms with Crippen LogP contribution in [0.5, 0.6) is 0 Å². The Kier molecular flexibility index (Phi) is 15.6. The average molecular weight is 433 g/mol. The topological polar surface area (TPSA) is 63.6 Å². The van der Waals surface area contributed by atoms with Gasteiger partial charge in [-0.2, -0.15) is 0 Å². The van der Waals surface area contributed by atoms with Crippen molar-refractivity contribution < 1.29 is 19.4 Å². The minimum Gasteiger partial charge on any atom is -0.481 e. The van der Waals surface area contributed by atoms with Gasteiger partial charge in [-0.05, 0) is 37.7 Å². The summed E-state index contributed by atoms with van der Waals surface area (Å²) in [6, 6.07) is 10.5. The van der Waals surface area contributed by atoms with Gasteiger partial charge in [-0.1, -0.05) is 101 Å². The van der Waals surface area contributed by atoms with Gasteiger partial charge in [-0.3, -0.25) is 9.59 Å². The zero-order valence-electron chi connectivity index (χ0n) is 19.8. The Morgan fingerprint density at radius 3 is 1.97 bits per heavy atom. The predicted molar refractivity (Wildman–Crippen MR) is 127 cm³/mol. The number of ether oxygens (including phenoxy) is 1. The van der Waals surface area contributed by atoms with E-state index in [9.17, 15) is 9.59 Å². The molecule has 2 atom stereocenters. The summed E-state index contributed by atoms with van der Waals surface area (Å²) in [5.41, 5.74) is 1.30. The van der Waals surface area contributed by atoms with Crippen LogP contribution in [0.1, 0.15) is 122 Å². The number of carboxylic acid groups (broad SMARTS) is 1. The number of rotatable bonds is 19. The molecule has 0 heterocycles. The summed E-state index contributed by atoms with van der Waals surface area (Å²) in [6.07, 6.45) is 15.6. The standard InChI is InChI=1S/C27H44O4/c1-3-4-5-6-7-8-9-10-11-13-18-25(24-16-14-12-15-17-24)20-22-27(30)31-23(2)19-21-26(28)29/h12,14-17,23,25H,3-11,13,18-22H2,1-2H3,(H,28,29). The SMILES string of the molecule is CCCCCCCCCCCCC(CCC(=O)OC(C)CCC(=O)O)c1ccccc1. The summed E-state index contributed by atoms with van der Waals surface area (Å²) in [7, 11) is 0. The number of unbranched alkanes of at least 4 members (excludes halogenated alkanes) is 9. The fourth-order valence-electron chi connectivity index (χ4n) is 4.04. The zero-order valence-corrected chi connectivity index (χ0v) is 19.8. The summed E-state index contributed by atoms with van der Waals surface area (Å²) >= 11 is 0. The Bertz CT molecular complexity index is 584. The maximum atomic E-state index is 12.2. The molecule has 0 bridgehead atoms. The molecule has 0 fully saturated rings. The van der Waals surface area contributed by atoms with Crippen molar-refractivity contribution in [3.05, 3.63) is 35.9 Å². The van der Waals surface area contributed by atoms with Crippen LogP contribution in [-0.4, -0.2) is 23.1 Å².